The van der Waals surface area contributed by atoms with Gasteiger partial charge in [0.2, 0.25) is 0 Å². The maximum Gasteiger partial charge on any atom is 0.278 e. The van der Waals surface area contributed by atoms with Crippen LogP contribution in [0.25, 0.3) is 5.69 Å². The topological polar surface area (TPSA) is 59.8 Å². The summed E-state index contributed by atoms with van der Waals surface area (Å²) in [6.45, 7) is 3.47. The summed E-state index contributed by atoms with van der Waals surface area (Å²) in [5.41, 5.74) is 2.15. The summed E-state index contributed by atoms with van der Waals surface area (Å²) in [4.78, 5) is 12.5. The van der Waals surface area contributed by atoms with Gasteiger partial charge in [0.25, 0.3) is 5.91 Å². The number of carbonyl (C=O) groups is 1. The highest BCUT2D eigenvalue weighted by atomic mass is 35.5. The van der Waals surface area contributed by atoms with E-state index in [0.717, 1.165) is 5.56 Å². The number of hydrogen-bond donors (Lipinski definition) is 1. The van der Waals surface area contributed by atoms with Gasteiger partial charge in [-0.15, -0.1) is 5.10 Å². The van der Waals surface area contributed by atoms with E-state index in [0.29, 0.717) is 16.4 Å². The molecule has 0 saturated carbocycles. The molecule has 1 heterocycles. The van der Waals surface area contributed by atoms with E-state index in [1.54, 1.807) is 50.2 Å². The lowest BCUT2D eigenvalue weighted by atomic mass is 10.2. The minimum absolute atomic E-state index is 0.123. The number of rotatable bonds is 3. The Kier molecular flexibility index (Phi) is 4.31. The van der Waals surface area contributed by atoms with Crippen molar-refractivity contribution in [1.82, 2.24) is 15.0 Å². The van der Waals surface area contributed by atoms with Crippen LogP contribution in [0, 0.1) is 19.7 Å². The summed E-state index contributed by atoms with van der Waals surface area (Å²) >= 11 is 6.05. The first kappa shape index (κ1) is 16.1. The van der Waals surface area contributed by atoms with E-state index in [-0.39, 0.29) is 11.4 Å². The zero-order valence-electron chi connectivity index (χ0n) is 13.0. The third-order valence-electron chi connectivity index (χ3n) is 3.71. The number of aromatic nitrogens is 3. The minimum Gasteiger partial charge on any atom is -0.320 e. The summed E-state index contributed by atoms with van der Waals surface area (Å²) < 4.78 is 15.2. The van der Waals surface area contributed by atoms with Crippen molar-refractivity contribution in [1.29, 1.82) is 0 Å². The minimum atomic E-state index is -0.442. The summed E-state index contributed by atoms with van der Waals surface area (Å²) in [6, 6.07) is 11.4. The van der Waals surface area contributed by atoms with Crippen LogP contribution in [0.4, 0.5) is 10.1 Å². The molecule has 122 valence electrons. The van der Waals surface area contributed by atoms with E-state index < -0.39 is 11.7 Å². The second kappa shape index (κ2) is 6.41. The van der Waals surface area contributed by atoms with Crippen LogP contribution in [0.15, 0.2) is 42.5 Å². The maximum absolute atomic E-state index is 13.9. The quantitative estimate of drug-likeness (QED) is 0.783. The highest BCUT2D eigenvalue weighted by Gasteiger charge is 2.19. The Hall–Kier alpha value is -2.73. The molecule has 7 heteroatoms. The van der Waals surface area contributed by atoms with Crippen LogP contribution < -0.4 is 5.32 Å². The molecular formula is C17H14ClFN4O. The highest BCUT2D eigenvalue weighted by molar-refractivity contribution is 6.31. The molecule has 0 fully saturated rings. The zero-order valence-corrected chi connectivity index (χ0v) is 13.8. The van der Waals surface area contributed by atoms with Crippen molar-refractivity contribution in [2.75, 3.05) is 5.32 Å². The predicted molar refractivity (Wildman–Crippen MR) is 90.2 cm³/mol. The Morgan fingerprint density at radius 3 is 2.67 bits per heavy atom. The van der Waals surface area contributed by atoms with Crippen molar-refractivity contribution < 1.29 is 9.18 Å². The third-order valence-corrected chi connectivity index (χ3v) is 4.12. The average Bonchev–Trinajstić information content (AvgIpc) is 2.94. The van der Waals surface area contributed by atoms with E-state index in [1.807, 2.05) is 0 Å². The number of amides is 1. The molecule has 24 heavy (non-hydrogen) atoms. The van der Waals surface area contributed by atoms with Crippen LogP contribution in [0.2, 0.25) is 5.02 Å². The standard InChI is InChI=1S/C17H14ClFN4O/c1-10-12(18)6-5-8-14(10)20-17(24)16-11(2)23(22-21-16)15-9-4-3-7-13(15)19/h3-9H,1-2H3,(H,20,24). The van der Waals surface area contributed by atoms with Crippen LogP contribution >= 0.6 is 11.6 Å². The normalized spacial score (nSPS) is 10.7. The number of carbonyl (C=O) groups excluding carboxylic acids is 1. The molecule has 0 saturated heterocycles. The summed E-state index contributed by atoms with van der Waals surface area (Å²) in [5.74, 6) is -0.872. The van der Waals surface area contributed by atoms with Gasteiger partial charge in [0.05, 0.1) is 5.69 Å². The Morgan fingerprint density at radius 1 is 1.17 bits per heavy atom. The molecule has 0 bridgehead atoms. The van der Waals surface area contributed by atoms with Gasteiger partial charge in [0, 0.05) is 10.7 Å². The molecule has 0 unspecified atom stereocenters. The number of nitrogens with zero attached hydrogens (tertiary/aromatic N) is 3. The molecule has 3 aromatic rings. The lowest BCUT2D eigenvalue weighted by molar-refractivity contribution is 0.102. The molecule has 1 N–H and O–H groups in total. The van der Waals surface area contributed by atoms with Crippen LogP contribution in [-0.4, -0.2) is 20.9 Å². The van der Waals surface area contributed by atoms with Crippen molar-refractivity contribution in [3.63, 3.8) is 0 Å². The fourth-order valence-electron chi connectivity index (χ4n) is 2.32. The monoisotopic (exact) mass is 344 g/mol. The van der Waals surface area contributed by atoms with Crippen molar-refractivity contribution in [3.8, 4) is 5.69 Å². The van der Waals surface area contributed by atoms with Gasteiger partial charge in [-0.25, -0.2) is 9.07 Å². The van der Waals surface area contributed by atoms with Crippen molar-refractivity contribution in [3.05, 3.63) is 70.3 Å². The number of halogens is 2. The molecule has 2 aromatic carbocycles. The molecule has 0 aliphatic heterocycles. The molecule has 3 rings (SSSR count). The molecule has 0 aliphatic rings. The fraction of sp³-hybridized carbons (Fsp3) is 0.118. The van der Waals surface area contributed by atoms with E-state index >= 15 is 0 Å². The van der Waals surface area contributed by atoms with Gasteiger partial charge in [-0.1, -0.05) is 35.0 Å². The van der Waals surface area contributed by atoms with E-state index in [9.17, 15) is 9.18 Å². The third kappa shape index (κ3) is 2.88. The van der Waals surface area contributed by atoms with E-state index in [1.165, 1.54) is 10.7 Å². The zero-order chi connectivity index (χ0) is 17.3. The number of anilines is 1. The molecular weight excluding hydrogens is 331 g/mol. The maximum atomic E-state index is 13.9. The molecule has 1 amide bonds. The van der Waals surface area contributed by atoms with Crippen molar-refractivity contribution in [2.45, 2.75) is 13.8 Å². The van der Waals surface area contributed by atoms with E-state index in [2.05, 4.69) is 15.6 Å². The predicted octanol–water partition coefficient (Wildman–Crippen LogP) is 3.93. The van der Waals surface area contributed by atoms with Gasteiger partial charge in [-0.05, 0) is 43.7 Å². The average molecular weight is 345 g/mol. The lowest BCUT2D eigenvalue weighted by Gasteiger charge is -2.09. The lowest BCUT2D eigenvalue weighted by Crippen LogP contribution is -2.15. The van der Waals surface area contributed by atoms with Gasteiger partial charge in [0.15, 0.2) is 5.69 Å². The largest absolute Gasteiger partial charge is 0.320 e. The van der Waals surface area contributed by atoms with E-state index in [4.69, 9.17) is 11.6 Å². The Balaban J connectivity index is 1.92. The SMILES string of the molecule is Cc1c(Cl)cccc1NC(=O)c1nnn(-c2ccccc2F)c1C. The second-order valence-electron chi connectivity index (χ2n) is 5.25. The van der Waals surface area contributed by atoms with Gasteiger partial charge >= 0.3 is 0 Å². The molecule has 5 nitrogen and oxygen atoms in total. The number of para-hydroxylation sites is 1. The van der Waals surface area contributed by atoms with Crippen LogP contribution in [-0.2, 0) is 0 Å². The fourth-order valence-corrected chi connectivity index (χ4v) is 2.49. The molecule has 0 atom stereocenters. The number of hydrogen-bond acceptors (Lipinski definition) is 3. The molecule has 0 radical (unpaired) electrons. The Bertz CT molecular complexity index is 923. The highest BCUT2D eigenvalue weighted by Crippen LogP contribution is 2.24. The first-order valence-electron chi connectivity index (χ1n) is 7.22. The van der Waals surface area contributed by atoms with Crippen molar-refractivity contribution in [2.24, 2.45) is 0 Å². The summed E-state index contributed by atoms with van der Waals surface area (Å²) in [6.07, 6.45) is 0. The van der Waals surface area contributed by atoms with Gasteiger partial charge in [-0.2, -0.15) is 0 Å². The smallest absolute Gasteiger partial charge is 0.278 e. The van der Waals surface area contributed by atoms with Gasteiger partial charge in [0.1, 0.15) is 11.5 Å². The first-order valence-corrected chi connectivity index (χ1v) is 7.60. The molecule has 1 aromatic heterocycles. The first-order chi connectivity index (χ1) is 11.5. The number of nitrogens with one attached hydrogen (secondary N) is 1. The molecule has 0 aliphatic carbocycles. The van der Waals surface area contributed by atoms with Crippen LogP contribution in [0.1, 0.15) is 21.7 Å². The van der Waals surface area contributed by atoms with Gasteiger partial charge in [-0.3, -0.25) is 4.79 Å². The summed E-state index contributed by atoms with van der Waals surface area (Å²) in [5, 5.41) is 11.1. The van der Waals surface area contributed by atoms with Gasteiger partial charge < -0.3 is 5.32 Å². The second-order valence-corrected chi connectivity index (χ2v) is 5.66. The van der Waals surface area contributed by atoms with Crippen LogP contribution in [0.5, 0.6) is 0 Å². The summed E-state index contributed by atoms with van der Waals surface area (Å²) in [7, 11) is 0. The van der Waals surface area contributed by atoms with Crippen molar-refractivity contribution >= 4 is 23.2 Å². The van der Waals surface area contributed by atoms with Crippen LogP contribution in [0.3, 0.4) is 0 Å². The number of benzene rings is 2. The molecule has 0 spiro atoms. The Morgan fingerprint density at radius 2 is 1.92 bits per heavy atom. The Labute approximate surface area is 143 Å².